The molecule has 2 fully saturated rings. The molecule has 2 amide bonds. The molecule has 0 saturated carbocycles. The molecule has 3 rings (SSSR count). The molecule has 120 valence electrons. The van der Waals surface area contributed by atoms with Gasteiger partial charge in [0.1, 0.15) is 5.69 Å². The molecule has 0 spiro atoms. The van der Waals surface area contributed by atoms with Gasteiger partial charge in [0.2, 0.25) is 5.91 Å². The summed E-state index contributed by atoms with van der Waals surface area (Å²) in [7, 11) is 0. The van der Waals surface area contributed by atoms with Crippen molar-refractivity contribution in [3.05, 3.63) is 16.6 Å². The minimum atomic E-state index is 0.00302. The zero-order valence-electron chi connectivity index (χ0n) is 12.7. The van der Waals surface area contributed by atoms with E-state index < -0.39 is 0 Å². The Bertz CT molecular complexity index is 506. The molecule has 0 atom stereocenters. The maximum atomic E-state index is 12.3. The number of carbonyl (C=O) groups excluding carboxylic acids is 2. The average Bonchev–Trinajstić information content (AvgIpc) is 3.10. The third-order valence-electron chi connectivity index (χ3n) is 4.38. The molecule has 1 aromatic heterocycles. The summed E-state index contributed by atoms with van der Waals surface area (Å²) in [5.74, 6) is 0.238. The molecule has 2 saturated heterocycles. The number of amides is 2. The number of hydrogen-bond acceptors (Lipinski definition) is 5. The summed E-state index contributed by atoms with van der Waals surface area (Å²) in [5, 5.41) is 1.79. The number of likely N-dealkylation sites (tertiary alicyclic amines) is 1. The monoisotopic (exact) mass is 322 g/mol. The third kappa shape index (κ3) is 3.64. The summed E-state index contributed by atoms with van der Waals surface area (Å²) in [6.45, 7) is 5.15. The summed E-state index contributed by atoms with van der Waals surface area (Å²) < 4.78 is 0. The maximum Gasteiger partial charge on any atom is 0.273 e. The largest absolute Gasteiger partial charge is 0.342 e. The molecule has 7 heteroatoms. The van der Waals surface area contributed by atoms with Crippen LogP contribution in [0, 0.1) is 0 Å². The average molecular weight is 322 g/mol. The Morgan fingerprint density at radius 3 is 2.36 bits per heavy atom. The van der Waals surface area contributed by atoms with Gasteiger partial charge < -0.3 is 9.80 Å². The minimum Gasteiger partial charge on any atom is -0.342 e. The van der Waals surface area contributed by atoms with Crippen molar-refractivity contribution in [2.75, 3.05) is 45.8 Å². The smallest absolute Gasteiger partial charge is 0.273 e. The Kier molecular flexibility index (Phi) is 5.04. The normalized spacial score (nSPS) is 20.2. The first kappa shape index (κ1) is 15.4. The van der Waals surface area contributed by atoms with Crippen molar-refractivity contribution in [2.24, 2.45) is 0 Å². The molecule has 0 bridgehead atoms. The number of rotatable bonds is 3. The Morgan fingerprint density at radius 2 is 1.73 bits per heavy atom. The van der Waals surface area contributed by atoms with Crippen molar-refractivity contribution in [1.29, 1.82) is 0 Å². The number of aromatic nitrogens is 1. The van der Waals surface area contributed by atoms with Crippen molar-refractivity contribution in [2.45, 2.75) is 19.3 Å². The predicted octanol–water partition coefficient (Wildman–Crippen LogP) is 0.913. The number of thiazole rings is 1. The van der Waals surface area contributed by atoms with Crippen LogP contribution in [0.1, 0.15) is 29.8 Å². The first-order chi connectivity index (χ1) is 10.7. The van der Waals surface area contributed by atoms with Gasteiger partial charge in [-0.05, 0) is 19.3 Å². The number of carbonyl (C=O) groups is 2. The number of nitrogens with zero attached hydrogens (tertiary/aromatic N) is 4. The highest BCUT2D eigenvalue weighted by molar-refractivity contribution is 7.07. The van der Waals surface area contributed by atoms with Crippen LogP contribution in [0.15, 0.2) is 10.9 Å². The quantitative estimate of drug-likeness (QED) is 0.830. The molecule has 2 aliphatic rings. The van der Waals surface area contributed by atoms with Crippen LogP contribution in [0.25, 0.3) is 0 Å². The highest BCUT2D eigenvalue weighted by Crippen LogP contribution is 2.12. The van der Waals surface area contributed by atoms with Crippen LogP contribution in [0.3, 0.4) is 0 Å². The van der Waals surface area contributed by atoms with Crippen molar-refractivity contribution in [3.63, 3.8) is 0 Å². The zero-order valence-corrected chi connectivity index (χ0v) is 13.6. The van der Waals surface area contributed by atoms with Gasteiger partial charge in [-0.2, -0.15) is 0 Å². The van der Waals surface area contributed by atoms with Crippen molar-refractivity contribution in [1.82, 2.24) is 19.7 Å². The molecule has 6 nitrogen and oxygen atoms in total. The zero-order chi connectivity index (χ0) is 15.4. The van der Waals surface area contributed by atoms with E-state index in [9.17, 15) is 9.59 Å². The van der Waals surface area contributed by atoms with Gasteiger partial charge in [-0.3, -0.25) is 14.5 Å². The maximum absolute atomic E-state index is 12.3. The fraction of sp³-hybridized carbons (Fsp3) is 0.667. The van der Waals surface area contributed by atoms with Crippen molar-refractivity contribution >= 4 is 23.2 Å². The SMILES string of the molecule is O=C(CN1CCN(C(=O)c2cscn2)CC1)N1CCCCC1. The molecule has 0 N–H and O–H groups in total. The van der Waals surface area contributed by atoms with Crippen LogP contribution in [0.2, 0.25) is 0 Å². The van der Waals surface area contributed by atoms with Gasteiger partial charge in [0.05, 0.1) is 12.1 Å². The van der Waals surface area contributed by atoms with Gasteiger partial charge in [-0.15, -0.1) is 11.3 Å². The van der Waals surface area contributed by atoms with Gasteiger partial charge in [0.25, 0.3) is 5.91 Å². The molecule has 2 aliphatic heterocycles. The lowest BCUT2D eigenvalue weighted by Crippen LogP contribution is -2.52. The summed E-state index contributed by atoms with van der Waals surface area (Å²) in [6.07, 6.45) is 3.49. The van der Waals surface area contributed by atoms with E-state index in [1.807, 2.05) is 9.80 Å². The second-order valence-electron chi connectivity index (χ2n) is 5.88. The first-order valence-corrected chi connectivity index (χ1v) is 8.86. The van der Waals surface area contributed by atoms with Gasteiger partial charge in [0.15, 0.2) is 0 Å². The standard InChI is InChI=1S/C15H22N4O2S/c20-14(18-4-2-1-3-5-18)10-17-6-8-19(9-7-17)15(21)13-11-22-12-16-13/h11-12H,1-10H2. The molecule has 0 unspecified atom stereocenters. The summed E-state index contributed by atoms with van der Waals surface area (Å²) >= 11 is 1.44. The number of hydrogen-bond donors (Lipinski definition) is 0. The van der Waals surface area contributed by atoms with E-state index >= 15 is 0 Å². The minimum absolute atomic E-state index is 0.00302. The highest BCUT2D eigenvalue weighted by atomic mass is 32.1. The lowest BCUT2D eigenvalue weighted by Gasteiger charge is -2.35. The predicted molar refractivity (Wildman–Crippen MR) is 84.9 cm³/mol. The lowest BCUT2D eigenvalue weighted by atomic mass is 10.1. The van der Waals surface area contributed by atoms with Crippen molar-refractivity contribution in [3.8, 4) is 0 Å². The van der Waals surface area contributed by atoms with E-state index in [2.05, 4.69) is 9.88 Å². The van der Waals surface area contributed by atoms with Crippen molar-refractivity contribution < 1.29 is 9.59 Å². The molecule has 22 heavy (non-hydrogen) atoms. The van der Waals surface area contributed by atoms with E-state index in [0.29, 0.717) is 25.3 Å². The van der Waals surface area contributed by atoms with Gasteiger partial charge >= 0.3 is 0 Å². The van der Waals surface area contributed by atoms with Crippen LogP contribution in [0.5, 0.6) is 0 Å². The topological polar surface area (TPSA) is 56.8 Å². The molecule has 0 aromatic carbocycles. The fourth-order valence-corrected chi connectivity index (χ4v) is 3.55. The van der Waals surface area contributed by atoms with E-state index in [-0.39, 0.29) is 11.8 Å². The number of piperazine rings is 1. The van der Waals surface area contributed by atoms with E-state index in [1.165, 1.54) is 17.8 Å². The summed E-state index contributed by atoms with van der Waals surface area (Å²) in [6, 6.07) is 0. The highest BCUT2D eigenvalue weighted by Gasteiger charge is 2.25. The second kappa shape index (κ2) is 7.19. The first-order valence-electron chi connectivity index (χ1n) is 7.91. The van der Waals surface area contributed by atoms with Crippen LogP contribution < -0.4 is 0 Å². The molecular formula is C15H22N4O2S. The van der Waals surface area contributed by atoms with E-state index in [4.69, 9.17) is 0 Å². The van der Waals surface area contributed by atoms with Gasteiger partial charge in [-0.25, -0.2) is 4.98 Å². The van der Waals surface area contributed by atoms with E-state index in [0.717, 1.165) is 39.0 Å². The molecule has 3 heterocycles. The Morgan fingerprint density at radius 1 is 1.00 bits per heavy atom. The van der Waals surface area contributed by atoms with Crippen LogP contribution in [0.4, 0.5) is 0 Å². The molecule has 0 radical (unpaired) electrons. The van der Waals surface area contributed by atoms with Gasteiger partial charge in [0, 0.05) is 44.6 Å². The van der Waals surface area contributed by atoms with Crippen LogP contribution in [-0.2, 0) is 4.79 Å². The number of piperidine rings is 1. The van der Waals surface area contributed by atoms with Crippen LogP contribution >= 0.6 is 11.3 Å². The summed E-state index contributed by atoms with van der Waals surface area (Å²) in [4.78, 5) is 34.5. The molecule has 0 aliphatic carbocycles. The second-order valence-corrected chi connectivity index (χ2v) is 6.60. The van der Waals surface area contributed by atoms with E-state index in [1.54, 1.807) is 10.9 Å². The Labute approximate surface area is 134 Å². The molecular weight excluding hydrogens is 300 g/mol. The molecule has 1 aromatic rings. The Balaban J connectivity index is 1.45. The fourth-order valence-electron chi connectivity index (χ4n) is 3.02. The van der Waals surface area contributed by atoms with Crippen LogP contribution in [-0.4, -0.2) is 77.3 Å². The van der Waals surface area contributed by atoms with Gasteiger partial charge in [-0.1, -0.05) is 0 Å². The third-order valence-corrected chi connectivity index (χ3v) is 4.97. The lowest BCUT2D eigenvalue weighted by molar-refractivity contribution is -0.133. The Hall–Kier alpha value is -1.47. The summed E-state index contributed by atoms with van der Waals surface area (Å²) in [5.41, 5.74) is 2.21.